The fraction of sp³-hybridized carbons (Fsp3) is 1.00. The summed E-state index contributed by atoms with van der Waals surface area (Å²) in [6.07, 6.45) is 8.25. The summed E-state index contributed by atoms with van der Waals surface area (Å²) in [7, 11) is 0. The van der Waals surface area contributed by atoms with Gasteiger partial charge in [-0.05, 0) is 52.0 Å². The lowest BCUT2D eigenvalue weighted by Gasteiger charge is -2.35. The zero-order valence-corrected chi connectivity index (χ0v) is 10.3. The van der Waals surface area contributed by atoms with E-state index in [1.807, 2.05) is 0 Å². The van der Waals surface area contributed by atoms with Crippen molar-refractivity contribution in [3.05, 3.63) is 0 Å². The number of nitrogens with two attached hydrogens (primary N) is 1. The molecular weight excluding hydrogens is 184 g/mol. The largest absolute Gasteiger partial charge is 0.324 e. The Hall–Kier alpha value is -0.0800. The molecule has 2 aliphatic rings. The van der Waals surface area contributed by atoms with Gasteiger partial charge < -0.3 is 5.73 Å². The van der Waals surface area contributed by atoms with E-state index < -0.39 is 0 Å². The molecular formula is C13H26N2. The summed E-state index contributed by atoms with van der Waals surface area (Å²) in [6.45, 7) is 7.00. The third kappa shape index (κ3) is 2.94. The second-order valence-corrected chi connectivity index (χ2v) is 5.95. The molecule has 0 radical (unpaired) electrons. The van der Waals surface area contributed by atoms with E-state index in [1.54, 1.807) is 0 Å². The van der Waals surface area contributed by atoms with Crippen LogP contribution in [0.5, 0.6) is 0 Å². The molecule has 2 fully saturated rings. The van der Waals surface area contributed by atoms with Crippen LogP contribution in [0.1, 0.15) is 52.4 Å². The van der Waals surface area contributed by atoms with Crippen LogP contribution in [0, 0.1) is 5.92 Å². The zero-order chi connectivity index (χ0) is 10.9. The van der Waals surface area contributed by atoms with Gasteiger partial charge in [0.2, 0.25) is 0 Å². The number of likely N-dealkylation sites (tertiary alicyclic amines) is 1. The van der Waals surface area contributed by atoms with Crippen molar-refractivity contribution in [3.8, 4) is 0 Å². The first-order valence-corrected chi connectivity index (χ1v) is 6.62. The monoisotopic (exact) mass is 210 g/mol. The maximum atomic E-state index is 6.42. The van der Waals surface area contributed by atoms with Gasteiger partial charge in [0.1, 0.15) is 0 Å². The highest BCUT2D eigenvalue weighted by atomic mass is 15.2. The molecule has 0 aromatic carbocycles. The zero-order valence-electron chi connectivity index (χ0n) is 10.3. The SMILES string of the molecule is CC1CCCCCN1CC(C)(N)C1CC1. The molecule has 1 saturated carbocycles. The summed E-state index contributed by atoms with van der Waals surface area (Å²) in [6, 6.07) is 0.745. The molecule has 1 aliphatic heterocycles. The second-order valence-electron chi connectivity index (χ2n) is 5.95. The van der Waals surface area contributed by atoms with Crippen molar-refractivity contribution in [2.45, 2.75) is 64.0 Å². The van der Waals surface area contributed by atoms with Gasteiger partial charge >= 0.3 is 0 Å². The fourth-order valence-electron chi connectivity index (χ4n) is 2.88. The van der Waals surface area contributed by atoms with Crippen molar-refractivity contribution < 1.29 is 0 Å². The number of hydrogen-bond acceptors (Lipinski definition) is 2. The Balaban J connectivity index is 1.90. The molecule has 2 N–H and O–H groups in total. The van der Waals surface area contributed by atoms with Gasteiger partial charge in [0.15, 0.2) is 0 Å². The average Bonchev–Trinajstić information content (AvgIpc) is 2.95. The number of rotatable bonds is 3. The Morgan fingerprint density at radius 1 is 1.20 bits per heavy atom. The maximum absolute atomic E-state index is 6.42. The molecule has 2 heteroatoms. The molecule has 1 saturated heterocycles. The van der Waals surface area contributed by atoms with E-state index in [2.05, 4.69) is 18.7 Å². The Morgan fingerprint density at radius 2 is 1.93 bits per heavy atom. The minimum atomic E-state index is 0.0681. The molecule has 0 bridgehead atoms. The van der Waals surface area contributed by atoms with E-state index >= 15 is 0 Å². The predicted octanol–water partition coefficient (Wildman–Crippen LogP) is 2.38. The molecule has 0 amide bonds. The van der Waals surface area contributed by atoms with Gasteiger partial charge in [-0.1, -0.05) is 12.8 Å². The Morgan fingerprint density at radius 3 is 2.60 bits per heavy atom. The van der Waals surface area contributed by atoms with Crippen LogP contribution < -0.4 is 5.73 Å². The van der Waals surface area contributed by atoms with E-state index in [0.29, 0.717) is 0 Å². The van der Waals surface area contributed by atoms with E-state index in [0.717, 1.165) is 18.5 Å². The third-order valence-electron chi connectivity index (χ3n) is 4.24. The van der Waals surface area contributed by atoms with E-state index in [1.165, 1.54) is 45.1 Å². The first-order valence-electron chi connectivity index (χ1n) is 6.62. The lowest BCUT2D eigenvalue weighted by Crippen LogP contribution is -2.51. The van der Waals surface area contributed by atoms with Crippen molar-refractivity contribution in [2.75, 3.05) is 13.1 Å². The third-order valence-corrected chi connectivity index (χ3v) is 4.24. The number of hydrogen-bond donors (Lipinski definition) is 1. The van der Waals surface area contributed by atoms with E-state index in [-0.39, 0.29) is 5.54 Å². The minimum absolute atomic E-state index is 0.0681. The van der Waals surface area contributed by atoms with Crippen molar-refractivity contribution in [1.82, 2.24) is 4.90 Å². The standard InChI is InChI=1S/C13H26N2/c1-11-6-4-3-5-9-15(11)10-13(2,14)12-7-8-12/h11-12H,3-10,14H2,1-2H3. The Bertz CT molecular complexity index is 209. The predicted molar refractivity (Wildman–Crippen MR) is 64.8 cm³/mol. The van der Waals surface area contributed by atoms with Crippen LogP contribution in [0.25, 0.3) is 0 Å². The molecule has 2 rings (SSSR count). The lowest BCUT2D eigenvalue weighted by molar-refractivity contribution is 0.160. The Kier molecular flexibility index (Phi) is 3.36. The van der Waals surface area contributed by atoms with Gasteiger partial charge in [-0.15, -0.1) is 0 Å². The fourth-order valence-corrected chi connectivity index (χ4v) is 2.88. The first kappa shape index (κ1) is 11.4. The summed E-state index contributed by atoms with van der Waals surface area (Å²) in [5.74, 6) is 0.799. The highest BCUT2D eigenvalue weighted by molar-refractivity contribution is 4.98. The molecule has 88 valence electrons. The van der Waals surface area contributed by atoms with Crippen LogP contribution in [0.3, 0.4) is 0 Å². The molecule has 1 heterocycles. The summed E-state index contributed by atoms with van der Waals surface area (Å²) < 4.78 is 0. The molecule has 0 aromatic heterocycles. The molecule has 2 unspecified atom stereocenters. The maximum Gasteiger partial charge on any atom is 0.0283 e. The van der Waals surface area contributed by atoms with Gasteiger partial charge in [0, 0.05) is 18.1 Å². The first-order chi connectivity index (χ1) is 7.09. The van der Waals surface area contributed by atoms with Crippen molar-refractivity contribution in [2.24, 2.45) is 11.7 Å². The molecule has 1 aliphatic carbocycles. The Labute approximate surface area is 94.2 Å². The lowest BCUT2D eigenvalue weighted by atomic mass is 9.95. The van der Waals surface area contributed by atoms with Gasteiger partial charge in [-0.2, -0.15) is 0 Å². The van der Waals surface area contributed by atoms with E-state index in [9.17, 15) is 0 Å². The normalized spacial score (nSPS) is 33.4. The van der Waals surface area contributed by atoms with Crippen molar-refractivity contribution in [3.63, 3.8) is 0 Å². The summed E-state index contributed by atoms with van der Waals surface area (Å²) in [5, 5.41) is 0. The van der Waals surface area contributed by atoms with Gasteiger partial charge in [-0.3, -0.25) is 4.90 Å². The summed E-state index contributed by atoms with van der Waals surface area (Å²) in [4.78, 5) is 2.63. The van der Waals surface area contributed by atoms with E-state index in [4.69, 9.17) is 5.73 Å². The van der Waals surface area contributed by atoms with Crippen LogP contribution >= 0.6 is 0 Å². The van der Waals surface area contributed by atoms with Crippen molar-refractivity contribution >= 4 is 0 Å². The van der Waals surface area contributed by atoms with Crippen LogP contribution in [0.4, 0.5) is 0 Å². The smallest absolute Gasteiger partial charge is 0.0283 e. The number of nitrogens with zero attached hydrogens (tertiary/aromatic N) is 1. The molecule has 2 nitrogen and oxygen atoms in total. The topological polar surface area (TPSA) is 29.3 Å². The highest BCUT2D eigenvalue weighted by Gasteiger charge is 2.40. The quantitative estimate of drug-likeness (QED) is 0.775. The van der Waals surface area contributed by atoms with Gasteiger partial charge in [0.05, 0.1) is 0 Å². The molecule has 2 atom stereocenters. The van der Waals surface area contributed by atoms with Gasteiger partial charge in [-0.25, -0.2) is 0 Å². The van der Waals surface area contributed by atoms with Crippen LogP contribution in [0.15, 0.2) is 0 Å². The average molecular weight is 210 g/mol. The molecule has 15 heavy (non-hydrogen) atoms. The van der Waals surface area contributed by atoms with Crippen LogP contribution in [-0.2, 0) is 0 Å². The summed E-state index contributed by atoms with van der Waals surface area (Å²) in [5.41, 5.74) is 6.49. The summed E-state index contributed by atoms with van der Waals surface area (Å²) >= 11 is 0. The van der Waals surface area contributed by atoms with Crippen LogP contribution in [-0.4, -0.2) is 29.6 Å². The molecule has 0 spiro atoms. The minimum Gasteiger partial charge on any atom is -0.324 e. The van der Waals surface area contributed by atoms with Crippen molar-refractivity contribution in [1.29, 1.82) is 0 Å². The van der Waals surface area contributed by atoms with Gasteiger partial charge in [0.25, 0.3) is 0 Å². The highest BCUT2D eigenvalue weighted by Crippen LogP contribution is 2.38. The second kappa shape index (κ2) is 4.42. The van der Waals surface area contributed by atoms with Crippen LogP contribution in [0.2, 0.25) is 0 Å². The molecule has 0 aromatic rings.